The fraction of sp³-hybridized carbons (Fsp3) is 0.167. The molecule has 0 aliphatic carbocycles. The Morgan fingerprint density at radius 1 is 1.47 bits per heavy atom. The number of anilines is 1. The Bertz CT molecular complexity index is 534. The maximum atomic E-state index is 11.8. The second-order valence-electron chi connectivity index (χ2n) is 3.68. The van der Waals surface area contributed by atoms with E-state index in [0.717, 1.165) is 5.56 Å². The lowest BCUT2D eigenvalue weighted by Gasteiger charge is -2.04. The van der Waals surface area contributed by atoms with Crippen LogP contribution in [0.25, 0.3) is 0 Å². The minimum absolute atomic E-state index is 0.264. The molecule has 2 rings (SSSR count). The van der Waals surface area contributed by atoms with E-state index < -0.39 is 0 Å². The molecule has 1 aromatic heterocycles. The van der Waals surface area contributed by atoms with Gasteiger partial charge in [0.2, 0.25) is 0 Å². The number of nitrogens with zero attached hydrogens (tertiary/aromatic N) is 1. The van der Waals surface area contributed by atoms with Crippen LogP contribution < -0.4 is 11.1 Å². The standard InChI is InChI=1S/C12H13N3O2/c1-8-5-11(15-17-8)12(16)14-10-4-2-3-9(6-10)7-13/h2-6H,7,13H2,1H3,(H,14,16). The molecule has 0 bridgehead atoms. The number of benzene rings is 1. The Labute approximate surface area is 98.6 Å². The minimum atomic E-state index is -0.295. The van der Waals surface area contributed by atoms with Crippen molar-refractivity contribution < 1.29 is 9.32 Å². The van der Waals surface area contributed by atoms with Gasteiger partial charge in [0.05, 0.1) is 0 Å². The zero-order chi connectivity index (χ0) is 12.3. The van der Waals surface area contributed by atoms with E-state index >= 15 is 0 Å². The van der Waals surface area contributed by atoms with E-state index in [4.69, 9.17) is 10.3 Å². The van der Waals surface area contributed by atoms with Gasteiger partial charge < -0.3 is 15.6 Å². The predicted octanol–water partition coefficient (Wildman–Crippen LogP) is 1.69. The lowest BCUT2D eigenvalue weighted by atomic mass is 10.2. The van der Waals surface area contributed by atoms with Crippen LogP contribution in [0.3, 0.4) is 0 Å². The first-order valence-corrected chi connectivity index (χ1v) is 5.22. The van der Waals surface area contributed by atoms with Gasteiger partial charge in [-0.05, 0) is 24.6 Å². The molecule has 3 N–H and O–H groups in total. The molecule has 0 aliphatic heterocycles. The van der Waals surface area contributed by atoms with Crippen molar-refractivity contribution in [3.05, 3.63) is 47.3 Å². The van der Waals surface area contributed by atoms with Crippen molar-refractivity contribution in [1.82, 2.24) is 5.16 Å². The molecule has 5 nitrogen and oxygen atoms in total. The van der Waals surface area contributed by atoms with Gasteiger partial charge in [0.1, 0.15) is 5.76 Å². The molecule has 5 heteroatoms. The molecule has 88 valence electrons. The molecule has 17 heavy (non-hydrogen) atoms. The maximum absolute atomic E-state index is 11.8. The third-order valence-corrected chi connectivity index (χ3v) is 2.28. The number of aromatic nitrogens is 1. The number of nitrogens with one attached hydrogen (secondary N) is 1. The number of carbonyl (C=O) groups excluding carboxylic acids is 1. The fourth-order valence-electron chi connectivity index (χ4n) is 1.44. The average molecular weight is 231 g/mol. The van der Waals surface area contributed by atoms with Crippen molar-refractivity contribution >= 4 is 11.6 Å². The van der Waals surface area contributed by atoms with Crippen molar-refractivity contribution in [2.24, 2.45) is 5.73 Å². The van der Waals surface area contributed by atoms with Crippen LogP contribution in [0.2, 0.25) is 0 Å². The van der Waals surface area contributed by atoms with Crippen LogP contribution in [0.4, 0.5) is 5.69 Å². The molecule has 1 aromatic carbocycles. The minimum Gasteiger partial charge on any atom is -0.361 e. The molecule has 0 saturated heterocycles. The van der Waals surface area contributed by atoms with Crippen LogP contribution in [0.5, 0.6) is 0 Å². The van der Waals surface area contributed by atoms with Crippen molar-refractivity contribution in [3.63, 3.8) is 0 Å². The highest BCUT2D eigenvalue weighted by Gasteiger charge is 2.10. The van der Waals surface area contributed by atoms with E-state index in [-0.39, 0.29) is 11.6 Å². The number of nitrogens with two attached hydrogens (primary N) is 1. The third-order valence-electron chi connectivity index (χ3n) is 2.28. The zero-order valence-electron chi connectivity index (χ0n) is 9.43. The molecule has 0 fully saturated rings. The molecule has 0 radical (unpaired) electrons. The Hall–Kier alpha value is -2.14. The first-order chi connectivity index (χ1) is 8.19. The first kappa shape index (κ1) is 11.3. The molecule has 0 aliphatic rings. The van der Waals surface area contributed by atoms with E-state index in [9.17, 15) is 4.79 Å². The highest BCUT2D eigenvalue weighted by atomic mass is 16.5. The van der Waals surface area contributed by atoms with E-state index in [1.807, 2.05) is 18.2 Å². The summed E-state index contributed by atoms with van der Waals surface area (Å²) in [6.45, 7) is 2.17. The summed E-state index contributed by atoms with van der Waals surface area (Å²) in [6.07, 6.45) is 0. The summed E-state index contributed by atoms with van der Waals surface area (Å²) < 4.78 is 4.84. The molecule has 0 unspecified atom stereocenters. The van der Waals surface area contributed by atoms with Gasteiger partial charge >= 0.3 is 0 Å². The summed E-state index contributed by atoms with van der Waals surface area (Å²) in [4.78, 5) is 11.8. The second-order valence-corrected chi connectivity index (χ2v) is 3.68. The Morgan fingerprint density at radius 2 is 2.29 bits per heavy atom. The fourth-order valence-corrected chi connectivity index (χ4v) is 1.44. The molecule has 0 spiro atoms. The van der Waals surface area contributed by atoms with Crippen molar-refractivity contribution in [3.8, 4) is 0 Å². The highest BCUT2D eigenvalue weighted by molar-refractivity contribution is 6.02. The van der Waals surface area contributed by atoms with Crippen molar-refractivity contribution in [1.29, 1.82) is 0 Å². The molecule has 0 saturated carbocycles. The molecule has 1 heterocycles. The summed E-state index contributed by atoms with van der Waals surface area (Å²) in [5, 5.41) is 6.37. The average Bonchev–Trinajstić information content (AvgIpc) is 2.76. The summed E-state index contributed by atoms with van der Waals surface area (Å²) >= 11 is 0. The maximum Gasteiger partial charge on any atom is 0.277 e. The first-order valence-electron chi connectivity index (χ1n) is 5.22. The predicted molar refractivity (Wildman–Crippen MR) is 63.5 cm³/mol. The summed E-state index contributed by atoms with van der Waals surface area (Å²) in [5.74, 6) is 0.307. The molecular formula is C12H13N3O2. The monoisotopic (exact) mass is 231 g/mol. The summed E-state index contributed by atoms with van der Waals surface area (Å²) in [7, 11) is 0. The summed E-state index contributed by atoms with van der Waals surface area (Å²) in [6, 6.07) is 8.94. The Morgan fingerprint density at radius 3 is 2.94 bits per heavy atom. The smallest absolute Gasteiger partial charge is 0.277 e. The lowest BCUT2D eigenvalue weighted by Crippen LogP contribution is -2.12. The number of rotatable bonds is 3. The number of amides is 1. The number of carbonyl (C=O) groups is 1. The van der Waals surface area contributed by atoms with Crippen LogP contribution >= 0.6 is 0 Å². The van der Waals surface area contributed by atoms with Crippen LogP contribution in [0.1, 0.15) is 21.8 Å². The van der Waals surface area contributed by atoms with Crippen LogP contribution in [0.15, 0.2) is 34.9 Å². The van der Waals surface area contributed by atoms with E-state index in [1.54, 1.807) is 19.1 Å². The number of aryl methyl sites for hydroxylation is 1. The number of hydrogen-bond acceptors (Lipinski definition) is 4. The quantitative estimate of drug-likeness (QED) is 0.842. The van der Waals surface area contributed by atoms with Gasteiger partial charge in [-0.2, -0.15) is 0 Å². The van der Waals surface area contributed by atoms with Crippen LogP contribution in [-0.2, 0) is 6.54 Å². The highest BCUT2D eigenvalue weighted by Crippen LogP contribution is 2.12. The largest absolute Gasteiger partial charge is 0.361 e. The van der Waals surface area contributed by atoms with Gasteiger partial charge in [-0.3, -0.25) is 4.79 Å². The number of hydrogen-bond donors (Lipinski definition) is 2. The summed E-state index contributed by atoms with van der Waals surface area (Å²) in [5.41, 5.74) is 7.44. The van der Waals surface area contributed by atoms with E-state index in [1.165, 1.54) is 0 Å². The lowest BCUT2D eigenvalue weighted by molar-refractivity contribution is 0.101. The molecular weight excluding hydrogens is 218 g/mol. The normalized spacial score (nSPS) is 10.2. The topological polar surface area (TPSA) is 81.2 Å². The van der Waals surface area contributed by atoms with Gasteiger partial charge in [0, 0.05) is 18.3 Å². The third kappa shape index (κ3) is 2.70. The Kier molecular flexibility index (Phi) is 3.20. The van der Waals surface area contributed by atoms with E-state index in [2.05, 4.69) is 10.5 Å². The van der Waals surface area contributed by atoms with Crippen LogP contribution in [-0.4, -0.2) is 11.1 Å². The van der Waals surface area contributed by atoms with Gasteiger partial charge in [-0.1, -0.05) is 17.3 Å². The molecule has 0 atom stereocenters. The zero-order valence-corrected chi connectivity index (χ0v) is 9.43. The van der Waals surface area contributed by atoms with Crippen molar-refractivity contribution in [2.75, 3.05) is 5.32 Å². The van der Waals surface area contributed by atoms with Gasteiger partial charge in [0.15, 0.2) is 5.69 Å². The van der Waals surface area contributed by atoms with Crippen LogP contribution in [0, 0.1) is 6.92 Å². The molecule has 1 amide bonds. The van der Waals surface area contributed by atoms with Gasteiger partial charge in [0.25, 0.3) is 5.91 Å². The SMILES string of the molecule is Cc1cc(C(=O)Nc2cccc(CN)c2)no1. The Balaban J connectivity index is 2.12. The second kappa shape index (κ2) is 4.80. The van der Waals surface area contributed by atoms with E-state index in [0.29, 0.717) is 18.0 Å². The molecule has 2 aromatic rings. The van der Waals surface area contributed by atoms with Crippen molar-refractivity contribution in [2.45, 2.75) is 13.5 Å². The van der Waals surface area contributed by atoms with Gasteiger partial charge in [-0.25, -0.2) is 0 Å². The van der Waals surface area contributed by atoms with Gasteiger partial charge in [-0.15, -0.1) is 0 Å².